The maximum Gasteiger partial charge on any atom is 0.182 e. The lowest BCUT2D eigenvalue weighted by Gasteiger charge is -2.41. The molecule has 1 saturated carbocycles. The molecule has 16 heavy (non-hydrogen) atoms. The highest BCUT2D eigenvalue weighted by atomic mass is 16.3. The number of rotatable bonds is 3. The van der Waals surface area contributed by atoms with Crippen molar-refractivity contribution in [1.82, 2.24) is 19.9 Å². The van der Waals surface area contributed by atoms with Gasteiger partial charge in [0.1, 0.15) is 11.8 Å². The molecule has 2 aromatic heterocycles. The highest BCUT2D eigenvalue weighted by Crippen LogP contribution is 2.35. The van der Waals surface area contributed by atoms with Gasteiger partial charge in [-0.15, -0.1) is 0 Å². The summed E-state index contributed by atoms with van der Waals surface area (Å²) in [4.78, 5) is 15.3. The van der Waals surface area contributed by atoms with Crippen molar-refractivity contribution in [3.05, 3.63) is 12.7 Å². The Morgan fingerprint density at radius 1 is 1.38 bits per heavy atom. The molecule has 2 aromatic rings. The van der Waals surface area contributed by atoms with Crippen molar-refractivity contribution < 1.29 is 5.11 Å². The van der Waals surface area contributed by atoms with Gasteiger partial charge in [0.25, 0.3) is 0 Å². The minimum atomic E-state index is -0.202. The Labute approximate surface area is 92.1 Å². The topological polar surface area (TPSA) is 86.7 Å². The summed E-state index contributed by atoms with van der Waals surface area (Å²) in [5.41, 5.74) is 1.24. The van der Waals surface area contributed by atoms with E-state index in [-0.39, 0.29) is 12.1 Å². The fourth-order valence-electron chi connectivity index (χ4n) is 2.04. The van der Waals surface area contributed by atoms with Gasteiger partial charge in [-0.05, 0) is 19.3 Å². The number of aliphatic hydroxyl groups excluding tert-OH is 1. The first kappa shape index (κ1) is 9.53. The zero-order valence-corrected chi connectivity index (χ0v) is 8.77. The van der Waals surface area contributed by atoms with Gasteiger partial charge in [0, 0.05) is 0 Å². The second-order valence-electron chi connectivity index (χ2n) is 4.24. The molecule has 6 nitrogen and oxygen atoms in total. The molecule has 0 spiro atoms. The number of anilines is 1. The lowest BCUT2D eigenvalue weighted by atomic mass is 9.77. The van der Waals surface area contributed by atoms with Crippen LogP contribution >= 0.6 is 0 Å². The standard InChI is InChI=1S/C10H13N5O/c16-4-10(2-1-3-10)15-9-7-8(12-5-11-7)13-6-14-9/h5-6,16H,1-4H2,(H2,11,12,13,14,15). The van der Waals surface area contributed by atoms with Crippen molar-refractivity contribution in [2.24, 2.45) is 0 Å². The van der Waals surface area contributed by atoms with Crippen molar-refractivity contribution in [3.8, 4) is 0 Å². The molecule has 6 heteroatoms. The van der Waals surface area contributed by atoms with Crippen LogP contribution in [-0.2, 0) is 0 Å². The number of nitrogens with zero attached hydrogens (tertiary/aromatic N) is 3. The Morgan fingerprint density at radius 3 is 2.94 bits per heavy atom. The molecule has 0 aliphatic heterocycles. The number of imidazole rings is 1. The minimum absolute atomic E-state index is 0.132. The van der Waals surface area contributed by atoms with E-state index < -0.39 is 0 Å². The fourth-order valence-corrected chi connectivity index (χ4v) is 2.04. The molecule has 0 radical (unpaired) electrons. The van der Waals surface area contributed by atoms with Crippen molar-refractivity contribution in [3.63, 3.8) is 0 Å². The number of hydrogen-bond donors (Lipinski definition) is 3. The molecule has 0 unspecified atom stereocenters. The number of aliphatic hydroxyl groups is 1. The van der Waals surface area contributed by atoms with Crippen molar-refractivity contribution >= 4 is 17.0 Å². The Hall–Kier alpha value is -1.69. The summed E-state index contributed by atoms with van der Waals surface area (Å²) >= 11 is 0. The molecular weight excluding hydrogens is 206 g/mol. The van der Waals surface area contributed by atoms with E-state index in [4.69, 9.17) is 0 Å². The van der Waals surface area contributed by atoms with E-state index in [0.29, 0.717) is 5.65 Å². The molecule has 0 saturated heterocycles. The van der Waals surface area contributed by atoms with Crippen LogP contribution in [-0.4, -0.2) is 37.2 Å². The molecule has 0 aromatic carbocycles. The molecule has 84 valence electrons. The van der Waals surface area contributed by atoms with Crippen LogP contribution in [0.1, 0.15) is 19.3 Å². The van der Waals surface area contributed by atoms with Crippen molar-refractivity contribution in [2.45, 2.75) is 24.8 Å². The predicted molar refractivity (Wildman–Crippen MR) is 59.0 cm³/mol. The zero-order chi connectivity index (χ0) is 11.0. The van der Waals surface area contributed by atoms with E-state index in [2.05, 4.69) is 25.3 Å². The molecule has 1 aliphatic carbocycles. The third-order valence-electron chi connectivity index (χ3n) is 3.22. The second-order valence-corrected chi connectivity index (χ2v) is 4.24. The van der Waals surface area contributed by atoms with Crippen LogP contribution < -0.4 is 5.32 Å². The maximum absolute atomic E-state index is 9.39. The van der Waals surface area contributed by atoms with Gasteiger partial charge >= 0.3 is 0 Å². The lowest BCUT2D eigenvalue weighted by molar-refractivity contribution is 0.144. The zero-order valence-electron chi connectivity index (χ0n) is 8.77. The Balaban J connectivity index is 1.96. The number of hydrogen-bond acceptors (Lipinski definition) is 5. The summed E-state index contributed by atoms with van der Waals surface area (Å²) in [7, 11) is 0. The van der Waals surface area contributed by atoms with Gasteiger partial charge < -0.3 is 15.4 Å². The van der Waals surface area contributed by atoms with Gasteiger partial charge in [-0.2, -0.15) is 0 Å². The first-order chi connectivity index (χ1) is 7.83. The Bertz CT molecular complexity index is 499. The molecule has 0 amide bonds. The largest absolute Gasteiger partial charge is 0.394 e. The van der Waals surface area contributed by atoms with Crippen LogP contribution in [0.4, 0.5) is 5.82 Å². The number of aromatic amines is 1. The van der Waals surface area contributed by atoms with Crippen LogP contribution in [0.5, 0.6) is 0 Å². The minimum Gasteiger partial charge on any atom is -0.394 e. The van der Waals surface area contributed by atoms with E-state index in [0.717, 1.165) is 30.6 Å². The summed E-state index contributed by atoms with van der Waals surface area (Å²) in [6.07, 6.45) is 6.17. The number of fused-ring (bicyclic) bond motifs is 1. The first-order valence-corrected chi connectivity index (χ1v) is 5.36. The van der Waals surface area contributed by atoms with E-state index in [1.165, 1.54) is 6.33 Å². The average Bonchev–Trinajstić information content (AvgIpc) is 2.72. The van der Waals surface area contributed by atoms with Crippen molar-refractivity contribution in [1.29, 1.82) is 0 Å². The van der Waals surface area contributed by atoms with Gasteiger partial charge in [-0.1, -0.05) is 0 Å². The van der Waals surface area contributed by atoms with Gasteiger partial charge in [0.15, 0.2) is 11.5 Å². The summed E-state index contributed by atoms with van der Waals surface area (Å²) in [5.74, 6) is 0.719. The summed E-state index contributed by atoms with van der Waals surface area (Å²) in [5, 5.41) is 12.7. The molecule has 1 fully saturated rings. The quantitative estimate of drug-likeness (QED) is 0.706. The molecule has 2 heterocycles. The van der Waals surface area contributed by atoms with E-state index in [9.17, 15) is 5.11 Å². The van der Waals surface area contributed by atoms with Crippen molar-refractivity contribution in [2.75, 3.05) is 11.9 Å². The molecule has 3 N–H and O–H groups in total. The van der Waals surface area contributed by atoms with Crippen LogP contribution in [0, 0.1) is 0 Å². The predicted octanol–water partition coefficient (Wildman–Crippen LogP) is 0.680. The van der Waals surface area contributed by atoms with Gasteiger partial charge in [-0.25, -0.2) is 15.0 Å². The van der Waals surface area contributed by atoms with E-state index in [1.807, 2.05) is 0 Å². The third-order valence-corrected chi connectivity index (χ3v) is 3.22. The SMILES string of the molecule is OCC1(Nc2ncnc3nc[nH]c23)CCC1. The summed E-state index contributed by atoms with van der Waals surface area (Å²) in [6, 6.07) is 0. The average molecular weight is 219 g/mol. The first-order valence-electron chi connectivity index (χ1n) is 5.36. The smallest absolute Gasteiger partial charge is 0.182 e. The van der Waals surface area contributed by atoms with Gasteiger partial charge in [0.05, 0.1) is 18.5 Å². The molecule has 3 rings (SSSR count). The molecule has 1 aliphatic rings. The van der Waals surface area contributed by atoms with E-state index in [1.54, 1.807) is 6.33 Å². The van der Waals surface area contributed by atoms with Gasteiger partial charge in [0.2, 0.25) is 0 Å². The highest BCUT2D eigenvalue weighted by molar-refractivity contribution is 5.82. The monoisotopic (exact) mass is 219 g/mol. The maximum atomic E-state index is 9.39. The summed E-state index contributed by atoms with van der Waals surface area (Å²) in [6.45, 7) is 0.132. The number of H-pyrrole nitrogens is 1. The van der Waals surface area contributed by atoms with E-state index >= 15 is 0 Å². The van der Waals surface area contributed by atoms with Crippen LogP contribution in [0.15, 0.2) is 12.7 Å². The molecule has 0 atom stereocenters. The Kier molecular flexibility index (Phi) is 2.03. The number of aromatic nitrogens is 4. The second kappa shape index (κ2) is 3.41. The molecule has 0 bridgehead atoms. The fraction of sp³-hybridized carbons (Fsp3) is 0.500. The summed E-state index contributed by atoms with van der Waals surface area (Å²) < 4.78 is 0. The third kappa shape index (κ3) is 1.34. The van der Waals surface area contributed by atoms with Crippen LogP contribution in [0.2, 0.25) is 0 Å². The lowest BCUT2D eigenvalue weighted by Crippen LogP contribution is -2.48. The van der Waals surface area contributed by atoms with Gasteiger partial charge in [-0.3, -0.25) is 0 Å². The normalized spacial score (nSPS) is 18.3. The number of nitrogens with one attached hydrogen (secondary N) is 2. The highest BCUT2D eigenvalue weighted by Gasteiger charge is 2.37. The van der Waals surface area contributed by atoms with Crippen LogP contribution in [0.25, 0.3) is 11.2 Å². The molecular formula is C10H13N5O. The Morgan fingerprint density at radius 2 is 2.25 bits per heavy atom. The van der Waals surface area contributed by atoms with Crippen LogP contribution in [0.3, 0.4) is 0 Å².